The van der Waals surface area contributed by atoms with Gasteiger partial charge < -0.3 is 14.7 Å². The van der Waals surface area contributed by atoms with Crippen LogP contribution in [0.4, 0.5) is 5.69 Å². The third-order valence-corrected chi connectivity index (χ3v) is 3.94. The normalized spacial score (nSPS) is 15.7. The van der Waals surface area contributed by atoms with Gasteiger partial charge in [-0.2, -0.15) is 0 Å². The van der Waals surface area contributed by atoms with Crippen LogP contribution in [0.15, 0.2) is 34.3 Å². The van der Waals surface area contributed by atoms with E-state index in [2.05, 4.69) is 39.0 Å². The molecule has 0 atom stereocenters. The summed E-state index contributed by atoms with van der Waals surface area (Å²) in [6.07, 6.45) is 3.29. The lowest BCUT2D eigenvalue weighted by molar-refractivity contribution is 0.222. The van der Waals surface area contributed by atoms with Crippen molar-refractivity contribution >= 4 is 21.6 Å². The highest BCUT2D eigenvalue weighted by Crippen LogP contribution is 2.26. The minimum absolute atomic E-state index is 0.0682. The van der Waals surface area contributed by atoms with E-state index in [9.17, 15) is 0 Å². The smallest absolute Gasteiger partial charge is 0.0692 e. The second-order valence-corrected chi connectivity index (χ2v) is 5.28. The van der Waals surface area contributed by atoms with Gasteiger partial charge in [-0.25, -0.2) is 0 Å². The summed E-state index contributed by atoms with van der Waals surface area (Å²) in [6.45, 7) is 2.74. The minimum atomic E-state index is 0.0682. The number of anilines is 1. The fourth-order valence-electron chi connectivity index (χ4n) is 2.12. The minimum Gasteiger partial charge on any atom is -0.392 e. The van der Waals surface area contributed by atoms with E-state index in [1.54, 1.807) is 7.11 Å². The summed E-state index contributed by atoms with van der Waals surface area (Å²) in [5.74, 6) is 0. The summed E-state index contributed by atoms with van der Waals surface area (Å²) in [4.78, 5) is 2.32. The van der Waals surface area contributed by atoms with Crippen molar-refractivity contribution in [1.82, 2.24) is 0 Å². The monoisotopic (exact) mass is 311 g/mol. The van der Waals surface area contributed by atoms with Gasteiger partial charge in [-0.15, -0.1) is 0 Å². The van der Waals surface area contributed by atoms with Gasteiger partial charge in [0.25, 0.3) is 0 Å². The van der Waals surface area contributed by atoms with Crippen LogP contribution in [0.1, 0.15) is 12.0 Å². The molecule has 0 spiro atoms. The predicted octanol–water partition coefficient (Wildman–Crippen LogP) is 2.72. The molecule has 0 fully saturated rings. The Morgan fingerprint density at radius 1 is 1.44 bits per heavy atom. The van der Waals surface area contributed by atoms with Crippen LogP contribution in [0.2, 0.25) is 0 Å². The number of rotatable bonds is 4. The Morgan fingerprint density at radius 3 is 2.83 bits per heavy atom. The van der Waals surface area contributed by atoms with Crippen molar-refractivity contribution in [2.75, 3.05) is 31.7 Å². The molecule has 0 amide bonds. The lowest BCUT2D eigenvalue weighted by Gasteiger charge is -2.28. The SMILES string of the molecule is COCC1=CCN(c2ccc(CO)c(Br)c2)CC1. The number of hydrogen-bond donors (Lipinski definition) is 1. The van der Waals surface area contributed by atoms with E-state index < -0.39 is 0 Å². The number of halogens is 1. The van der Waals surface area contributed by atoms with Crippen LogP contribution in [0, 0.1) is 0 Å². The highest BCUT2D eigenvalue weighted by atomic mass is 79.9. The second kappa shape index (κ2) is 6.36. The molecule has 1 aromatic carbocycles. The summed E-state index contributed by atoms with van der Waals surface area (Å²) < 4.78 is 6.12. The molecule has 3 nitrogen and oxygen atoms in total. The molecule has 2 rings (SSSR count). The Kier molecular flexibility index (Phi) is 4.80. The number of hydrogen-bond acceptors (Lipinski definition) is 3. The summed E-state index contributed by atoms with van der Waals surface area (Å²) >= 11 is 3.49. The fourth-order valence-corrected chi connectivity index (χ4v) is 2.62. The first-order valence-corrected chi connectivity index (χ1v) is 6.85. The maximum atomic E-state index is 9.15. The summed E-state index contributed by atoms with van der Waals surface area (Å²) in [7, 11) is 1.73. The molecule has 0 unspecified atom stereocenters. The van der Waals surface area contributed by atoms with Crippen LogP contribution in [-0.2, 0) is 11.3 Å². The molecule has 4 heteroatoms. The van der Waals surface area contributed by atoms with E-state index in [1.165, 1.54) is 11.3 Å². The molecule has 1 aliphatic heterocycles. The largest absolute Gasteiger partial charge is 0.392 e. The van der Waals surface area contributed by atoms with E-state index in [1.807, 2.05) is 6.07 Å². The zero-order valence-corrected chi connectivity index (χ0v) is 12.1. The molecule has 0 saturated carbocycles. The van der Waals surface area contributed by atoms with Gasteiger partial charge in [0.05, 0.1) is 13.2 Å². The molecule has 98 valence electrons. The molecular weight excluding hydrogens is 294 g/mol. The lowest BCUT2D eigenvalue weighted by Crippen LogP contribution is -2.29. The van der Waals surface area contributed by atoms with Gasteiger partial charge >= 0.3 is 0 Å². The number of ether oxygens (including phenoxy) is 1. The van der Waals surface area contributed by atoms with Crippen molar-refractivity contribution in [2.24, 2.45) is 0 Å². The van der Waals surface area contributed by atoms with Crippen LogP contribution in [0.3, 0.4) is 0 Å². The number of benzene rings is 1. The zero-order chi connectivity index (χ0) is 13.0. The van der Waals surface area contributed by atoms with Crippen molar-refractivity contribution in [3.05, 3.63) is 39.9 Å². The molecule has 0 aromatic heterocycles. The van der Waals surface area contributed by atoms with Crippen LogP contribution < -0.4 is 4.90 Å². The Labute approximate surface area is 116 Å². The molecule has 1 aromatic rings. The maximum absolute atomic E-state index is 9.15. The molecule has 1 heterocycles. The quantitative estimate of drug-likeness (QED) is 0.868. The lowest BCUT2D eigenvalue weighted by atomic mass is 10.1. The van der Waals surface area contributed by atoms with Crippen molar-refractivity contribution in [2.45, 2.75) is 13.0 Å². The fraction of sp³-hybridized carbons (Fsp3) is 0.429. The van der Waals surface area contributed by atoms with Crippen molar-refractivity contribution in [3.8, 4) is 0 Å². The van der Waals surface area contributed by atoms with Crippen molar-refractivity contribution in [3.63, 3.8) is 0 Å². The highest BCUT2D eigenvalue weighted by molar-refractivity contribution is 9.10. The number of nitrogens with zero attached hydrogens (tertiary/aromatic N) is 1. The van der Waals surface area contributed by atoms with Gasteiger partial charge in [-0.1, -0.05) is 28.1 Å². The molecule has 0 saturated heterocycles. The van der Waals surface area contributed by atoms with E-state index in [0.29, 0.717) is 0 Å². The average molecular weight is 312 g/mol. The van der Waals surface area contributed by atoms with Gasteiger partial charge in [-0.05, 0) is 29.7 Å². The first-order chi connectivity index (χ1) is 8.74. The van der Waals surface area contributed by atoms with Crippen LogP contribution in [0.25, 0.3) is 0 Å². The van der Waals surface area contributed by atoms with Gasteiger partial charge in [0.2, 0.25) is 0 Å². The highest BCUT2D eigenvalue weighted by Gasteiger charge is 2.13. The second-order valence-electron chi connectivity index (χ2n) is 4.43. The van der Waals surface area contributed by atoms with Gasteiger partial charge in [0.15, 0.2) is 0 Å². The van der Waals surface area contributed by atoms with Crippen LogP contribution in [0.5, 0.6) is 0 Å². The predicted molar refractivity (Wildman–Crippen MR) is 76.9 cm³/mol. The molecular formula is C14H18BrNO2. The van der Waals surface area contributed by atoms with Gasteiger partial charge in [-0.3, -0.25) is 0 Å². The third-order valence-electron chi connectivity index (χ3n) is 3.21. The van der Waals surface area contributed by atoms with E-state index in [0.717, 1.165) is 36.2 Å². The molecule has 0 radical (unpaired) electrons. The van der Waals surface area contributed by atoms with E-state index in [-0.39, 0.29) is 6.61 Å². The first-order valence-electron chi connectivity index (χ1n) is 6.05. The summed E-state index contributed by atoms with van der Waals surface area (Å²) in [5.41, 5.74) is 3.48. The third kappa shape index (κ3) is 3.13. The zero-order valence-electron chi connectivity index (χ0n) is 10.5. The summed E-state index contributed by atoms with van der Waals surface area (Å²) in [5, 5.41) is 9.15. The molecule has 1 aliphatic rings. The molecule has 1 N–H and O–H groups in total. The van der Waals surface area contributed by atoms with E-state index in [4.69, 9.17) is 9.84 Å². The Hall–Kier alpha value is -0.840. The van der Waals surface area contributed by atoms with Crippen molar-refractivity contribution < 1.29 is 9.84 Å². The number of methoxy groups -OCH3 is 1. The van der Waals surface area contributed by atoms with Crippen LogP contribution in [-0.4, -0.2) is 31.9 Å². The van der Waals surface area contributed by atoms with Gasteiger partial charge in [0.1, 0.15) is 0 Å². The first kappa shape index (κ1) is 13.6. The van der Waals surface area contributed by atoms with Crippen LogP contribution >= 0.6 is 15.9 Å². The Balaban J connectivity index is 2.07. The standard InChI is InChI=1S/C14H18BrNO2/c1-18-10-11-4-6-16(7-5-11)13-3-2-12(9-17)14(15)8-13/h2-4,8,17H,5-7,9-10H2,1H3. The molecule has 0 aliphatic carbocycles. The molecule has 18 heavy (non-hydrogen) atoms. The van der Waals surface area contributed by atoms with Gasteiger partial charge in [0, 0.05) is 30.4 Å². The summed E-state index contributed by atoms with van der Waals surface area (Å²) in [6, 6.07) is 6.10. The van der Waals surface area contributed by atoms with Crippen molar-refractivity contribution in [1.29, 1.82) is 0 Å². The number of aliphatic hydroxyl groups excluding tert-OH is 1. The van der Waals surface area contributed by atoms with E-state index >= 15 is 0 Å². The maximum Gasteiger partial charge on any atom is 0.0692 e. The Morgan fingerprint density at radius 2 is 2.28 bits per heavy atom. The number of aliphatic hydroxyl groups is 1. The average Bonchev–Trinajstić information content (AvgIpc) is 2.40. The topological polar surface area (TPSA) is 32.7 Å². The Bertz CT molecular complexity index is 445. The molecule has 0 bridgehead atoms.